The van der Waals surface area contributed by atoms with Crippen LogP contribution in [0.15, 0.2) is 4.99 Å². The van der Waals surface area contributed by atoms with Crippen LogP contribution in [0, 0.1) is 0 Å². The molecular weight excluding hydrogens is 336 g/mol. The van der Waals surface area contributed by atoms with Crippen LogP contribution in [-0.2, 0) is 0 Å². The van der Waals surface area contributed by atoms with Crippen molar-refractivity contribution in [2.45, 2.75) is 64.0 Å². The number of guanidine groups is 1. The Kier molecular flexibility index (Phi) is 8.68. The molecule has 2 N–H and O–H groups in total. The Balaban J connectivity index is 1.33. The molecule has 0 aromatic heterocycles. The molecule has 1 atom stereocenters. The van der Waals surface area contributed by atoms with Crippen LogP contribution in [0.3, 0.4) is 0 Å². The second-order valence-corrected chi connectivity index (χ2v) is 8.68. The third-order valence-corrected chi connectivity index (χ3v) is 6.49. The summed E-state index contributed by atoms with van der Waals surface area (Å²) in [4.78, 5) is 12.6. The first-order valence-corrected chi connectivity index (χ1v) is 11.4. The van der Waals surface area contributed by atoms with E-state index in [4.69, 9.17) is 4.99 Å². The lowest BCUT2D eigenvalue weighted by atomic mass is 10.2. The number of likely N-dealkylation sites (tertiary alicyclic amines) is 1. The molecule has 2 saturated heterocycles. The quantitative estimate of drug-likeness (QED) is 0.382. The summed E-state index contributed by atoms with van der Waals surface area (Å²) in [6.07, 6.45) is 9.37. The average Bonchev–Trinajstić information content (AvgIpc) is 3.34. The van der Waals surface area contributed by atoms with E-state index in [1.165, 1.54) is 90.8 Å². The second kappa shape index (κ2) is 11.2. The molecule has 0 amide bonds. The fourth-order valence-corrected chi connectivity index (χ4v) is 4.73. The maximum absolute atomic E-state index is 4.84. The molecule has 0 aromatic carbocycles. The van der Waals surface area contributed by atoms with E-state index in [1.54, 1.807) is 0 Å². The number of piperazine rings is 1. The lowest BCUT2D eigenvalue weighted by molar-refractivity contribution is 0.152. The van der Waals surface area contributed by atoms with Gasteiger partial charge in [-0.3, -0.25) is 9.89 Å². The smallest absolute Gasteiger partial charge is 0.191 e. The van der Waals surface area contributed by atoms with Crippen molar-refractivity contribution < 1.29 is 0 Å². The number of aliphatic imine (C=N–C) groups is 1. The molecule has 0 radical (unpaired) electrons. The standard InChI is InChI=1S/C21H42N6/c1-3-22-21(23-11-6-7-12-26-16-14-25(2)15-17-26)24-19-10-13-27(18-19)20-8-4-5-9-20/h19-20H,3-18H2,1-2H3,(H2,22,23,24). The van der Waals surface area contributed by atoms with Crippen molar-refractivity contribution >= 4 is 5.96 Å². The molecule has 0 bridgehead atoms. The Labute approximate surface area is 166 Å². The summed E-state index contributed by atoms with van der Waals surface area (Å²) in [5.41, 5.74) is 0. The van der Waals surface area contributed by atoms with E-state index in [9.17, 15) is 0 Å². The minimum absolute atomic E-state index is 0.564. The zero-order chi connectivity index (χ0) is 18.9. The van der Waals surface area contributed by atoms with E-state index in [-0.39, 0.29) is 0 Å². The molecule has 0 aromatic rings. The van der Waals surface area contributed by atoms with Gasteiger partial charge in [0.15, 0.2) is 5.96 Å². The van der Waals surface area contributed by atoms with Crippen LogP contribution in [0.4, 0.5) is 0 Å². The van der Waals surface area contributed by atoms with Crippen molar-refractivity contribution in [3.05, 3.63) is 0 Å². The van der Waals surface area contributed by atoms with Gasteiger partial charge < -0.3 is 20.4 Å². The van der Waals surface area contributed by atoms with Crippen molar-refractivity contribution in [1.29, 1.82) is 0 Å². The van der Waals surface area contributed by atoms with Crippen LogP contribution < -0.4 is 10.6 Å². The van der Waals surface area contributed by atoms with Gasteiger partial charge in [0.05, 0.1) is 0 Å². The number of likely N-dealkylation sites (N-methyl/N-ethyl adjacent to an activating group) is 1. The minimum atomic E-state index is 0.564. The summed E-state index contributed by atoms with van der Waals surface area (Å²) < 4.78 is 0. The number of hydrogen-bond acceptors (Lipinski definition) is 4. The highest BCUT2D eigenvalue weighted by atomic mass is 15.3. The second-order valence-electron chi connectivity index (χ2n) is 8.68. The van der Waals surface area contributed by atoms with Gasteiger partial charge >= 0.3 is 0 Å². The lowest BCUT2D eigenvalue weighted by Gasteiger charge is -2.32. The number of unbranched alkanes of at least 4 members (excludes halogenated alkanes) is 1. The topological polar surface area (TPSA) is 46.1 Å². The molecule has 0 spiro atoms. The van der Waals surface area contributed by atoms with Crippen molar-refractivity contribution in [3.8, 4) is 0 Å². The van der Waals surface area contributed by atoms with Crippen molar-refractivity contribution in [3.63, 3.8) is 0 Å². The fourth-order valence-electron chi connectivity index (χ4n) is 4.73. The maximum atomic E-state index is 4.84. The fraction of sp³-hybridized carbons (Fsp3) is 0.952. The van der Waals surface area contributed by atoms with Gasteiger partial charge in [-0.25, -0.2) is 0 Å². The van der Waals surface area contributed by atoms with Gasteiger partial charge in [-0.15, -0.1) is 0 Å². The number of rotatable bonds is 8. The van der Waals surface area contributed by atoms with Crippen molar-refractivity contribution in [2.24, 2.45) is 4.99 Å². The zero-order valence-corrected chi connectivity index (χ0v) is 17.8. The van der Waals surface area contributed by atoms with Gasteiger partial charge in [0, 0.05) is 64.4 Å². The Hall–Kier alpha value is -0.850. The molecule has 3 fully saturated rings. The molecule has 1 aliphatic carbocycles. The van der Waals surface area contributed by atoms with Crippen LogP contribution >= 0.6 is 0 Å². The van der Waals surface area contributed by atoms with Crippen LogP contribution in [0.2, 0.25) is 0 Å². The molecule has 6 heteroatoms. The van der Waals surface area contributed by atoms with Crippen LogP contribution in [0.25, 0.3) is 0 Å². The van der Waals surface area contributed by atoms with E-state index in [1.807, 2.05) is 0 Å². The summed E-state index contributed by atoms with van der Waals surface area (Å²) in [5, 5.41) is 7.14. The molecule has 6 nitrogen and oxygen atoms in total. The molecule has 1 saturated carbocycles. The largest absolute Gasteiger partial charge is 0.357 e. The monoisotopic (exact) mass is 378 g/mol. The molecule has 156 valence electrons. The SMILES string of the molecule is CCNC(=NCCCCN1CCN(C)CC1)NC1CCN(C2CCCC2)C1. The highest BCUT2D eigenvalue weighted by Gasteiger charge is 2.30. The number of nitrogens with zero attached hydrogens (tertiary/aromatic N) is 4. The predicted octanol–water partition coefficient (Wildman–Crippen LogP) is 1.59. The molecule has 1 unspecified atom stereocenters. The molecule has 3 aliphatic rings. The molecule has 2 aliphatic heterocycles. The van der Waals surface area contributed by atoms with Crippen LogP contribution in [-0.4, -0.2) is 98.7 Å². The van der Waals surface area contributed by atoms with Crippen LogP contribution in [0.1, 0.15) is 51.9 Å². The molecule has 3 rings (SSSR count). The van der Waals surface area contributed by atoms with E-state index in [0.29, 0.717) is 6.04 Å². The predicted molar refractivity (Wildman–Crippen MR) is 115 cm³/mol. The van der Waals surface area contributed by atoms with E-state index < -0.39 is 0 Å². The Morgan fingerprint density at radius 3 is 2.52 bits per heavy atom. The highest BCUT2D eigenvalue weighted by molar-refractivity contribution is 5.80. The third kappa shape index (κ3) is 6.91. The Morgan fingerprint density at radius 1 is 1.00 bits per heavy atom. The highest BCUT2D eigenvalue weighted by Crippen LogP contribution is 2.26. The first kappa shape index (κ1) is 20.9. The van der Waals surface area contributed by atoms with Crippen molar-refractivity contribution in [1.82, 2.24) is 25.3 Å². The summed E-state index contributed by atoms with van der Waals surface area (Å²) in [5.74, 6) is 1.02. The van der Waals surface area contributed by atoms with Gasteiger partial charge in [-0.1, -0.05) is 12.8 Å². The average molecular weight is 379 g/mol. The Bertz CT molecular complexity index is 440. The number of nitrogens with one attached hydrogen (secondary N) is 2. The maximum Gasteiger partial charge on any atom is 0.191 e. The minimum Gasteiger partial charge on any atom is -0.357 e. The summed E-state index contributed by atoms with van der Waals surface area (Å²) in [6.45, 7) is 12.6. The molecular formula is C21H42N6. The Morgan fingerprint density at radius 2 is 1.78 bits per heavy atom. The van der Waals surface area contributed by atoms with Crippen molar-refractivity contribution in [2.75, 3.05) is 66.0 Å². The van der Waals surface area contributed by atoms with Gasteiger partial charge in [-0.05, 0) is 52.6 Å². The third-order valence-electron chi connectivity index (χ3n) is 6.49. The van der Waals surface area contributed by atoms with Gasteiger partial charge in [0.2, 0.25) is 0 Å². The zero-order valence-electron chi connectivity index (χ0n) is 17.8. The van der Waals surface area contributed by atoms with Gasteiger partial charge in [0.25, 0.3) is 0 Å². The molecule has 27 heavy (non-hydrogen) atoms. The van der Waals surface area contributed by atoms with E-state index >= 15 is 0 Å². The molecule has 2 heterocycles. The first-order chi connectivity index (χ1) is 13.2. The summed E-state index contributed by atoms with van der Waals surface area (Å²) in [7, 11) is 2.22. The number of hydrogen-bond donors (Lipinski definition) is 2. The first-order valence-electron chi connectivity index (χ1n) is 11.4. The summed E-state index contributed by atoms with van der Waals surface area (Å²) in [6, 6.07) is 1.42. The van der Waals surface area contributed by atoms with E-state index in [0.717, 1.165) is 25.1 Å². The summed E-state index contributed by atoms with van der Waals surface area (Å²) >= 11 is 0. The van der Waals surface area contributed by atoms with Gasteiger partial charge in [0.1, 0.15) is 0 Å². The van der Waals surface area contributed by atoms with Gasteiger partial charge in [-0.2, -0.15) is 0 Å². The van der Waals surface area contributed by atoms with Crippen LogP contribution in [0.5, 0.6) is 0 Å². The lowest BCUT2D eigenvalue weighted by Crippen LogP contribution is -2.45. The normalized spacial score (nSPS) is 26.7. The van der Waals surface area contributed by atoms with E-state index in [2.05, 4.69) is 39.3 Å².